The molecule has 0 spiro atoms. The number of aliphatic carboxylic acids is 14. The van der Waals surface area contributed by atoms with Crippen molar-refractivity contribution in [1.29, 1.82) is 0 Å². The van der Waals surface area contributed by atoms with E-state index in [2.05, 4.69) is 6.58 Å². The van der Waals surface area contributed by atoms with Crippen LogP contribution in [0.25, 0.3) is 0 Å². The average Bonchev–Trinajstić information content (AvgIpc) is 3.13. The average molecular weight is 921 g/mol. The summed E-state index contributed by atoms with van der Waals surface area (Å²) in [4.78, 5) is 137. The Morgan fingerprint density at radius 1 is 0.328 bits per heavy atom. The van der Waals surface area contributed by atoms with Crippen molar-refractivity contribution in [1.82, 2.24) is 0 Å². The van der Waals surface area contributed by atoms with Crippen LogP contribution in [0.5, 0.6) is 0 Å². The van der Waals surface area contributed by atoms with Crippen LogP contribution < -0.4 is 0 Å². The Balaban J connectivity index is -0.000000119. The van der Waals surface area contributed by atoms with Gasteiger partial charge in [-0.1, -0.05) is 30.9 Å². The van der Waals surface area contributed by atoms with Gasteiger partial charge in [-0.05, 0) is 20.8 Å². The Hall–Kier alpha value is -9.76. The molecule has 0 aromatic carbocycles. The molecule has 64 heavy (non-hydrogen) atoms. The lowest BCUT2D eigenvalue weighted by atomic mass is 10.1. The zero-order chi connectivity index (χ0) is 52.3. The molecule has 0 rings (SSSR count). The molecule has 0 aliphatic heterocycles. The summed E-state index contributed by atoms with van der Waals surface area (Å²) in [7, 11) is 0. The van der Waals surface area contributed by atoms with Gasteiger partial charge in [0.25, 0.3) is 0 Å². The molecular formula is C36H40O28. The van der Waals surface area contributed by atoms with Gasteiger partial charge in [-0.25, -0.2) is 62.3 Å². The number of rotatable bonds is 17. The molecule has 0 aromatic rings. The molecule has 0 aliphatic rings. The molecule has 0 aromatic heterocycles. The molecule has 0 unspecified atom stereocenters. The highest BCUT2D eigenvalue weighted by molar-refractivity contribution is 5.98. The first kappa shape index (κ1) is 68.9. The van der Waals surface area contributed by atoms with Gasteiger partial charge in [-0.3, -0.25) is 4.79 Å². The Kier molecular flexibility index (Phi) is 46.1. The van der Waals surface area contributed by atoms with Crippen LogP contribution in [0, 0.1) is 0 Å². The largest absolute Gasteiger partial charge is 0.481 e. The van der Waals surface area contributed by atoms with Crippen LogP contribution in [0.4, 0.5) is 0 Å². The van der Waals surface area contributed by atoms with Gasteiger partial charge in [0, 0.05) is 77.0 Å². The second-order valence-electron chi connectivity index (χ2n) is 9.62. The van der Waals surface area contributed by atoms with Crippen molar-refractivity contribution in [2.75, 3.05) is 0 Å². The summed E-state index contributed by atoms with van der Waals surface area (Å²) in [5.74, 6) is -16.7. The number of carbonyl (C=O) groups is 14. The number of hydrogen-bond donors (Lipinski definition) is 14. The van der Waals surface area contributed by atoms with E-state index < -0.39 is 90.0 Å². The van der Waals surface area contributed by atoms with Gasteiger partial charge in [-0.15, -0.1) is 0 Å². The van der Waals surface area contributed by atoms with E-state index in [0.717, 1.165) is 48.6 Å². The summed E-state index contributed by atoms with van der Waals surface area (Å²) >= 11 is 0. The SMILES string of the molecule is C/C(=C/C(=O)O)C(=O)O.C/C(C(=O)O)=C(\C)C(=O)O.C=C(CC(=O)O)C(=O)O.O=C(O)/C=C/C(=O)O.O=C(O)/C=C/C=C/C(=O)O.O=C(O)/C=C\C(=O)O.O=C(O)/C=C\C=C/C(=O)O. The van der Waals surface area contributed by atoms with Gasteiger partial charge >= 0.3 is 83.6 Å². The fourth-order valence-electron chi connectivity index (χ4n) is 1.66. The van der Waals surface area contributed by atoms with E-state index >= 15 is 0 Å². The zero-order valence-electron chi connectivity index (χ0n) is 32.9. The third kappa shape index (κ3) is 76.9. The second-order valence-corrected chi connectivity index (χ2v) is 9.62. The topological polar surface area (TPSA) is 522 Å². The minimum atomic E-state index is -1.27. The summed E-state index contributed by atoms with van der Waals surface area (Å²) in [5, 5.41) is 112. The van der Waals surface area contributed by atoms with E-state index in [0.29, 0.717) is 30.4 Å². The predicted molar refractivity (Wildman–Crippen MR) is 208 cm³/mol. The van der Waals surface area contributed by atoms with Gasteiger partial charge in [0.05, 0.1) is 6.42 Å². The molecule has 28 heteroatoms. The van der Waals surface area contributed by atoms with Crippen molar-refractivity contribution in [3.63, 3.8) is 0 Å². The summed E-state index contributed by atoms with van der Waals surface area (Å²) in [5.41, 5.74) is -0.745. The Bertz CT molecular complexity index is 1790. The Morgan fingerprint density at radius 2 is 0.547 bits per heavy atom. The lowest BCUT2D eigenvalue weighted by Crippen LogP contribution is -2.06. The smallest absolute Gasteiger partial charge is 0.331 e. The number of carboxylic acids is 14. The van der Waals surface area contributed by atoms with Crippen LogP contribution in [-0.4, -0.2) is 155 Å². The molecule has 0 radical (unpaired) electrons. The first-order chi connectivity index (χ1) is 29.0. The van der Waals surface area contributed by atoms with Crippen molar-refractivity contribution in [3.05, 3.63) is 108 Å². The zero-order valence-corrected chi connectivity index (χ0v) is 32.9. The van der Waals surface area contributed by atoms with E-state index in [9.17, 15) is 67.1 Å². The molecule has 352 valence electrons. The van der Waals surface area contributed by atoms with Gasteiger partial charge in [0.2, 0.25) is 0 Å². The molecule has 0 saturated heterocycles. The van der Waals surface area contributed by atoms with Crippen molar-refractivity contribution in [2.24, 2.45) is 0 Å². The normalized spacial score (nSPS) is 10.4. The van der Waals surface area contributed by atoms with Gasteiger partial charge < -0.3 is 71.5 Å². The fraction of sp³-hybridized carbons (Fsp3) is 0.111. The highest BCUT2D eigenvalue weighted by Gasteiger charge is 2.10. The molecule has 0 fully saturated rings. The van der Waals surface area contributed by atoms with Crippen molar-refractivity contribution in [2.45, 2.75) is 27.2 Å². The Morgan fingerprint density at radius 3 is 0.641 bits per heavy atom. The quantitative estimate of drug-likeness (QED) is 0.0703. The van der Waals surface area contributed by atoms with E-state index in [4.69, 9.17) is 71.5 Å². The van der Waals surface area contributed by atoms with Crippen LogP contribution in [0.3, 0.4) is 0 Å². The van der Waals surface area contributed by atoms with Gasteiger partial charge in [0.15, 0.2) is 0 Å². The number of allylic oxidation sites excluding steroid dienone is 4. The highest BCUT2D eigenvalue weighted by atomic mass is 16.4. The third-order valence-corrected chi connectivity index (χ3v) is 4.46. The number of carboxylic acid groups (broad SMARTS) is 14. The second kappa shape index (κ2) is 42.8. The van der Waals surface area contributed by atoms with Gasteiger partial charge in [0.1, 0.15) is 0 Å². The minimum absolute atomic E-state index is 0.132. The molecule has 14 N–H and O–H groups in total. The van der Waals surface area contributed by atoms with E-state index in [1.165, 1.54) is 20.8 Å². The Labute approximate surface area is 357 Å². The third-order valence-electron chi connectivity index (χ3n) is 4.46. The maximum Gasteiger partial charge on any atom is 0.331 e. The molecule has 0 aliphatic carbocycles. The summed E-state index contributed by atoms with van der Waals surface area (Å²) in [6.07, 6.45) is 10.3. The van der Waals surface area contributed by atoms with Crippen LogP contribution in [-0.2, 0) is 67.1 Å². The van der Waals surface area contributed by atoms with Gasteiger partial charge in [-0.2, -0.15) is 0 Å². The van der Waals surface area contributed by atoms with E-state index in [1.807, 2.05) is 0 Å². The van der Waals surface area contributed by atoms with E-state index in [-0.39, 0.29) is 22.3 Å². The number of hydrogen-bond acceptors (Lipinski definition) is 14. The monoisotopic (exact) mass is 920 g/mol. The molecule has 0 saturated carbocycles. The van der Waals surface area contributed by atoms with Crippen LogP contribution in [0.2, 0.25) is 0 Å². The molecule has 0 atom stereocenters. The fourth-order valence-corrected chi connectivity index (χ4v) is 1.66. The maximum absolute atomic E-state index is 10.1. The first-order valence-electron chi connectivity index (χ1n) is 15.4. The molecule has 0 amide bonds. The summed E-state index contributed by atoms with van der Waals surface area (Å²) in [6, 6.07) is 0. The van der Waals surface area contributed by atoms with Crippen molar-refractivity contribution >= 4 is 83.6 Å². The van der Waals surface area contributed by atoms with Crippen LogP contribution >= 0.6 is 0 Å². The summed E-state index contributed by atoms with van der Waals surface area (Å²) < 4.78 is 0. The lowest BCUT2D eigenvalue weighted by molar-refractivity contribution is -0.139. The molecule has 0 bridgehead atoms. The molecule has 0 heterocycles. The minimum Gasteiger partial charge on any atom is -0.481 e. The van der Waals surface area contributed by atoms with E-state index in [1.54, 1.807) is 0 Å². The molecular weight excluding hydrogens is 880 g/mol. The summed E-state index contributed by atoms with van der Waals surface area (Å²) in [6.45, 7) is 6.74. The lowest BCUT2D eigenvalue weighted by Gasteiger charge is -1.95. The predicted octanol–water partition coefficient (Wildman–Crippen LogP) is 0.655. The van der Waals surface area contributed by atoms with Crippen molar-refractivity contribution < 1.29 is 139 Å². The van der Waals surface area contributed by atoms with Crippen LogP contribution in [0.15, 0.2) is 108 Å². The van der Waals surface area contributed by atoms with Crippen molar-refractivity contribution in [3.8, 4) is 0 Å². The maximum atomic E-state index is 10.1. The molecule has 28 nitrogen and oxygen atoms in total. The highest BCUT2D eigenvalue weighted by Crippen LogP contribution is 2.02. The van der Waals surface area contributed by atoms with Crippen LogP contribution in [0.1, 0.15) is 27.2 Å². The standard InChI is InChI=1S/C6H8O4.2C6H6O4.2C5H6O4.2C4H4O4/c1-3(5(7)8)4(2)6(9)10;2*7-5(8)3-1-2-4-6(9)10;2*1-3(5(8)9)2-4(6)7;2*5-3(6)1-2-4(7)8/h1-2H3,(H,7,8)(H,9,10);2*1-4H,(H,7,8)(H,9,10);2H,1H3,(H,6,7)(H,8,9);1-2H2,(H,6,7)(H,8,9);2*1-2H,(H,5,6)(H,7,8)/b4-3-;3-1+,4-2+;3-1-,4-2-;3-2-;;2-1+;2-1-. The first-order valence-corrected chi connectivity index (χ1v) is 15.4.